The molecule has 3 aromatic rings. The van der Waals surface area contributed by atoms with Gasteiger partial charge in [0, 0.05) is 23.5 Å². The predicted octanol–water partition coefficient (Wildman–Crippen LogP) is 3.85. The van der Waals surface area contributed by atoms with Gasteiger partial charge in [0.2, 0.25) is 10.0 Å². The van der Waals surface area contributed by atoms with Gasteiger partial charge in [0.05, 0.1) is 24.2 Å². The van der Waals surface area contributed by atoms with Gasteiger partial charge in [-0.1, -0.05) is 37.3 Å². The Kier molecular flexibility index (Phi) is 7.05. The number of aryl methyl sites for hydroxylation is 1. The Morgan fingerprint density at radius 1 is 1.06 bits per heavy atom. The molecule has 0 aliphatic carbocycles. The minimum Gasteiger partial charge on any atom is -0.379 e. The molecular formula is C24H26N2O4S2. The quantitative estimate of drug-likeness (QED) is 0.569. The molecular weight excluding hydrogens is 444 g/mol. The van der Waals surface area contributed by atoms with Crippen molar-refractivity contribution in [2.75, 3.05) is 26.3 Å². The van der Waals surface area contributed by atoms with Gasteiger partial charge in [0.1, 0.15) is 0 Å². The van der Waals surface area contributed by atoms with Gasteiger partial charge in [-0.3, -0.25) is 4.79 Å². The monoisotopic (exact) mass is 470 g/mol. The SMILES string of the molecule is CCc1ccc(C(NC(=O)c2ccc(S(=O)(=O)N3CCOCC3)cc2)c2cccs2)cc1. The number of morpholine rings is 1. The molecule has 1 unspecified atom stereocenters. The van der Waals surface area contributed by atoms with E-state index in [0.29, 0.717) is 31.9 Å². The first-order valence-corrected chi connectivity index (χ1v) is 12.9. The first-order chi connectivity index (χ1) is 15.5. The summed E-state index contributed by atoms with van der Waals surface area (Å²) in [5.41, 5.74) is 2.66. The van der Waals surface area contributed by atoms with E-state index in [2.05, 4.69) is 24.4 Å². The fourth-order valence-electron chi connectivity index (χ4n) is 3.65. The zero-order valence-electron chi connectivity index (χ0n) is 17.9. The Morgan fingerprint density at radius 2 is 1.75 bits per heavy atom. The van der Waals surface area contributed by atoms with Crippen LogP contribution in [0.3, 0.4) is 0 Å². The highest BCUT2D eigenvalue weighted by Gasteiger charge is 2.26. The maximum Gasteiger partial charge on any atom is 0.252 e. The maximum absolute atomic E-state index is 13.0. The summed E-state index contributed by atoms with van der Waals surface area (Å²) in [5, 5.41) is 5.09. The molecule has 0 radical (unpaired) electrons. The molecule has 0 bridgehead atoms. The first-order valence-electron chi connectivity index (χ1n) is 10.6. The second-order valence-corrected chi connectivity index (χ2v) is 10.5. The number of rotatable bonds is 7. The highest BCUT2D eigenvalue weighted by molar-refractivity contribution is 7.89. The number of ether oxygens (including phenoxy) is 1. The summed E-state index contributed by atoms with van der Waals surface area (Å²) < 4.78 is 32.3. The third-order valence-corrected chi connectivity index (χ3v) is 8.40. The maximum atomic E-state index is 13.0. The standard InChI is InChI=1S/C24H26N2O4S2/c1-2-18-5-7-19(8-6-18)23(22-4-3-17-31-22)25-24(27)20-9-11-21(12-10-20)32(28,29)26-13-15-30-16-14-26/h3-12,17,23H,2,13-16H2,1H3,(H,25,27). The van der Waals surface area contributed by atoms with Crippen LogP contribution in [0.1, 0.15) is 39.3 Å². The van der Waals surface area contributed by atoms with Crippen molar-refractivity contribution in [1.82, 2.24) is 9.62 Å². The summed E-state index contributed by atoms with van der Waals surface area (Å²) in [6, 6.07) is 18.1. The van der Waals surface area contributed by atoms with E-state index < -0.39 is 10.0 Å². The summed E-state index contributed by atoms with van der Waals surface area (Å²) in [4.78, 5) is 14.2. The molecule has 1 saturated heterocycles. The van der Waals surface area contributed by atoms with E-state index in [9.17, 15) is 13.2 Å². The van der Waals surface area contributed by atoms with Crippen LogP contribution in [0, 0.1) is 0 Å². The average Bonchev–Trinajstić information content (AvgIpc) is 3.38. The van der Waals surface area contributed by atoms with E-state index in [1.54, 1.807) is 23.5 Å². The molecule has 1 fully saturated rings. The number of thiophene rings is 1. The van der Waals surface area contributed by atoms with Crippen LogP contribution in [0.15, 0.2) is 70.9 Å². The minimum atomic E-state index is -3.59. The van der Waals surface area contributed by atoms with E-state index in [4.69, 9.17) is 4.74 Å². The van der Waals surface area contributed by atoms with Gasteiger partial charge in [-0.15, -0.1) is 11.3 Å². The molecule has 1 amide bonds. The highest BCUT2D eigenvalue weighted by atomic mass is 32.2. The fraction of sp³-hybridized carbons (Fsp3) is 0.292. The van der Waals surface area contributed by atoms with Crippen molar-refractivity contribution in [1.29, 1.82) is 0 Å². The summed E-state index contributed by atoms with van der Waals surface area (Å²) in [5.74, 6) is -0.252. The summed E-state index contributed by atoms with van der Waals surface area (Å²) in [6.45, 7) is 3.57. The van der Waals surface area contributed by atoms with E-state index in [-0.39, 0.29) is 16.8 Å². The van der Waals surface area contributed by atoms with E-state index in [1.807, 2.05) is 29.6 Å². The zero-order valence-corrected chi connectivity index (χ0v) is 19.5. The number of nitrogens with one attached hydrogen (secondary N) is 1. The number of nitrogens with zero attached hydrogens (tertiary/aromatic N) is 1. The lowest BCUT2D eigenvalue weighted by atomic mass is 10.0. The van der Waals surface area contributed by atoms with Crippen LogP contribution in [-0.4, -0.2) is 44.9 Å². The molecule has 6 nitrogen and oxygen atoms in total. The first kappa shape index (κ1) is 22.7. The number of hydrogen-bond donors (Lipinski definition) is 1. The molecule has 1 aromatic heterocycles. The lowest BCUT2D eigenvalue weighted by Gasteiger charge is -2.26. The minimum absolute atomic E-state index is 0.181. The Hall–Kier alpha value is -2.52. The Morgan fingerprint density at radius 3 is 2.34 bits per heavy atom. The molecule has 4 rings (SSSR count). The molecule has 2 aromatic carbocycles. The fourth-order valence-corrected chi connectivity index (χ4v) is 5.86. The molecule has 32 heavy (non-hydrogen) atoms. The van der Waals surface area contributed by atoms with Crippen molar-refractivity contribution in [3.05, 3.63) is 87.6 Å². The van der Waals surface area contributed by atoms with Crippen molar-refractivity contribution in [2.45, 2.75) is 24.3 Å². The van der Waals surface area contributed by atoms with Gasteiger partial charge in [-0.05, 0) is 53.3 Å². The van der Waals surface area contributed by atoms with Crippen LogP contribution >= 0.6 is 11.3 Å². The summed E-state index contributed by atoms with van der Waals surface area (Å²) in [6.07, 6.45) is 0.954. The Balaban J connectivity index is 1.53. The molecule has 168 valence electrons. The number of carbonyl (C=O) groups excluding carboxylic acids is 1. The van der Waals surface area contributed by atoms with Crippen molar-refractivity contribution in [2.24, 2.45) is 0 Å². The van der Waals surface area contributed by atoms with E-state index >= 15 is 0 Å². The highest BCUT2D eigenvalue weighted by Crippen LogP contribution is 2.27. The lowest BCUT2D eigenvalue weighted by molar-refractivity contribution is 0.0730. The number of hydrogen-bond acceptors (Lipinski definition) is 5. The number of benzene rings is 2. The normalized spacial score (nSPS) is 15.9. The number of sulfonamides is 1. The summed E-state index contributed by atoms with van der Waals surface area (Å²) >= 11 is 1.58. The average molecular weight is 471 g/mol. The predicted molar refractivity (Wildman–Crippen MR) is 125 cm³/mol. The van der Waals surface area contributed by atoms with Gasteiger partial charge in [-0.2, -0.15) is 4.31 Å². The third kappa shape index (κ3) is 4.94. The van der Waals surface area contributed by atoms with Crippen molar-refractivity contribution in [3.8, 4) is 0 Å². The molecule has 8 heteroatoms. The number of carbonyl (C=O) groups is 1. The molecule has 2 heterocycles. The van der Waals surface area contributed by atoms with Gasteiger partial charge in [0.25, 0.3) is 5.91 Å². The Labute approximate surface area is 192 Å². The van der Waals surface area contributed by atoms with Crippen molar-refractivity contribution >= 4 is 27.3 Å². The number of amides is 1. The Bertz CT molecular complexity index is 1140. The van der Waals surface area contributed by atoms with Gasteiger partial charge in [-0.25, -0.2) is 8.42 Å². The molecule has 0 saturated carbocycles. The smallest absolute Gasteiger partial charge is 0.252 e. The molecule has 1 aliphatic heterocycles. The van der Waals surface area contributed by atoms with Gasteiger partial charge in [0.15, 0.2) is 0 Å². The second kappa shape index (κ2) is 9.95. The molecule has 1 aliphatic rings. The second-order valence-electron chi connectivity index (χ2n) is 7.56. The molecule has 1 N–H and O–H groups in total. The topological polar surface area (TPSA) is 75.7 Å². The molecule has 0 spiro atoms. The zero-order chi connectivity index (χ0) is 22.6. The van der Waals surface area contributed by atoms with Gasteiger partial charge >= 0.3 is 0 Å². The van der Waals surface area contributed by atoms with Crippen molar-refractivity contribution in [3.63, 3.8) is 0 Å². The third-order valence-electron chi connectivity index (χ3n) is 5.55. The van der Waals surface area contributed by atoms with E-state index in [0.717, 1.165) is 16.9 Å². The summed E-state index contributed by atoms with van der Waals surface area (Å²) in [7, 11) is -3.59. The van der Waals surface area contributed by atoms with E-state index in [1.165, 1.54) is 22.0 Å². The van der Waals surface area contributed by atoms with Crippen molar-refractivity contribution < 1.29 is 17.9 Å². The molecule has 1 atom stereocenters. The van der Waals surface area contributed by atoms with Crippen LogP contribution in [0.4, 0.5) is 0 Å². The van der Waals surface area contributed by atoms with Crippen LogP contribution < -0.4 is 5.32 Å². The lowest BCUT2D eigenvalue weighted by Crippen LogP contribution is -2.40. The largest absolute Gasteiger partial charge is 0.379 e. The van der Waals surface area contributed by atoms with Crippen LogP contribution in [-0.2, 0) is 21.2 Å². The van der Waals surface area contributed by atoms with Crippen LogP contribution in [0.5, 0.6) is 0 Å². The van der Waals surface area contributed by atoms with Gasteiger partial charge < -0.3 is 10.1 Å². The van der Waals surface area contributed by atoms with Crippen LogP contribution in [0.25, 0.3) is 0 Å². The van der Waals surface area contributed by atoms with Crippen LogP contribution in [0.2, 0.25) is 0 Å².